The maximum absolute atomic E-state index is 12.5. The van der Waals surface area contributed by atoms with Gasteiger partial charge in [0.2, 0.25) is 5.91 Å². The predicted octanol–water partition coefficient (Wildman–Crippen LogP) is 4.37. The summed E-state index contributed by atoms with van der Waals surface area (Å²) in [5.41, 5.74) is 4.39. The maximum Gasteiger partial charge on any atom is 0.257 e. The molecule has 0 saturated carbocycles. The van der Waals surface area contributed by atoms with Crippen LogP contribution in [0.25, 0.3) is 11.3 Å². The summed E-state index contributed by atoms with van der Waals surface area (Å²) in [5, 5.41) is 5.30. The number of nitrogens with zero attached hydrogens (tertiary/aromatic N) is 2. The van der Waals surface area contributed by atoms with Crippen LogP contribution in [0.5, 0.6) is 5.75 Å². The fourth-order valence-corrected chi connectivity index (χ4v) is 4.38. The van der Waals surface area contributed by atoms with E-state index in [9.17, 15) is 9.59 Å². The normalized spacial score (nSPS) is 15.1. The molecular formula is C22H21N3O3S. The fraction of sp³-hybridized carbons (Fsp3) is 0.227. The predicted molar refractivity (Wildman–Crippen MR) is 115 cm³/mol. The van der Waals surface area contributed by atoms with Gasteiger partial charge in [0.15, 0.2) is 5.13 Å². The Morgan fingerprint density at radius 3 is 2.83 bits per heavy atom. The van der Waals surface area contributed by atoms with Crippen molar-refractivity contribution in [2.45, 2.75) is 26.3 Å². The number of amides is 2. The van der Waals surface area contributed by atoms with E-state index in [1.54, 1.807) is 38.3 Å². The molecule has 7 heteroatoms. The van der Waals surface area contributed by atoms with Gasteiger partial charge in [-0.2, -0.15) is 0 Å². The third-order valence-electron chi connectivity index (χ3n) is 4.99. The van der Waals surface area contributed by atoms with Crippen molar-refractivity contribution in [2.75, 3.05) is 17.3 Å². The van der Waals surface area contributed by atoms with Gasteiger partial charge in [0.05, 0.1) is 12.8 Å². The number of methoxy groups -OCH3 is 1. The quantitative estimate of drug-likeness (QED) is 0.697. The second-order valence-corrected chi connectivity index (χ2v) is 7.87. The van der Waals surface area contributed by atoms with Gasteiger partial charge in [-0.25, -0.2) is 4.98 Å². The molecule has 0 radical (unpaired) electrons. The smallest absolute Gasteiger partial charge is 0.257 e. The molecule has 0 unspecified atom stereocenters. The lowest BCUT2D eigenvalue weighted by Gasteiger charge is -2.20. The first-order chi connectivity index (χ1) is 14.0. The van der Waals surface area contributed by atoms with E-state index in [4.69, 9.17) is 4.74 Å². The molecule has 4 rings (SSSR count). The third-order valence-corrected chi connectivity index (χ3v) is 5.74. The van der Waals surface area contributed by atoms with E-state index in [0.29, 0.717) is 16.4 Å². The average molecular weight is 407 g/mol. The number of aromatic nitrogens is 1. The van der Waals surface area contributed by atoms with Crippen molar-refractivity contribution in [3.8, 4) is 17.0 Å². The topological polar surface area (TPSA) is 71.5 Å². The summed E-state index contributed by atoms with van der Waals surface area (Å²) >= 11 is 1.38. The minimum absolute atomic E-state index is 0.0557. The molecule has 2 aromatic carbocycles. The zero-order valence-electron chi connectivity index (χ0n) is 16.4. The van der Waals surface area contributed by atoms with E-state index in [0.717, 1.165) is 28.9 Å². The Kier molecular flexibility index (Phi) is 5.07. The van der Waals surface area contributed by atoms with Gasteiger partial charge >= 0.3 is 0 Å². The molecular weight excluding hydrogens is 386 g/mol. The zero-order valence-corrected chi connectivity index (χ0v) is 17.2. The Morgan fingerprint density at radius 1 is 1.24 bits per heavy atom. The molecule has 148 valence electrons. The molecule has 0 spiro atoms. The number of carbonyl (C=O) groups excluding carboxylic acids is 2. The van der Waals surface area contributed by atoms with Crippen LogP contribution in [-0.4, -0.2) is 29.9 Å². The summed E-state index contributed by atoms with van der Waals surface area (Å²) in [5.74, 6) is 0.453. The second-order valence-electron chi connectivity index (χ2n) is 7.01. The Labute approximate surface area is 173 Å². The largest absolute Gasteiger partial charge is 0.497 e. The Bertz CT molecular complexity index is 1090. The van der Waals surface area contributed by atoms with Crippen LogP contribution in [0, 0.1) is 0 Å². The first-order valence-corrected chi connectivity index (χ1v) is 10.2. The van der Waals surface area contributed by atoms with Crippen LogP contribution in [0.1, 0.15) is 29.8 Å². The zero-order chi connectivity index (χ0) is 20.5. The van der Waals surface area contributed by atoms with Crippen LogP contribution in [0.15, 0.2) is 47.8 Å². The maximum atomic E-state index is 12.5. The van der Waals surface area contributed by atoms with E-state index in [-0.39, 0.29) is 17.9 Å². The number of ether oxygens (including phenoxy) is 1. The first kappa shape index (κ1) is 19.1. The van der Waals surface area contributed by atoms with E-state index in [1.165, 1.54) is 11.3 Å². The molecule has 2 heterocycles. The van der Waals surface area contributed by atoms with Crippen molar-refractivity contribution in [3.63, 3.8) is 0 Å². The lowest BCUT2D eigenvalue weighted by molar-refractivity contribution is -0.116. The molecule has 3 aromatic rings. The minimum atomic E-state index is -0.232. The van der Waals surface area contributed by atoms with Crippen LogP contribution in [0.3, 0.4) is 0 Å². The molecule has 0 aliphatic carbocycles. The summed E-state index contributed by atoms with van der Waals surface area (Å²) in [6.07, 6.45) is 0.826. The average Bonchev–Trinajstić information content (AvgIpc) is 3.30. The number of nitrogens with one attached hydrogen (secondary N) is 1. The van der Waals surface area contributed by atoms with Crippen LogP contribution in [0.4, 0.5) is 10.8 Å². The number of carbonyl (C=O) groups is 2. The molecule has 1 aliphatic rings. The van der Waals surface area contributed by atoms with Crippen LogP contribution in [0.2, 0.25) is 0 Å². The van der Waals surface area contributed by atoms with Crippen LogP contribution in [-0.2, 0) is 11.2 Å². The standard InChI is InChI=1S/C22H21N3O3S/c1-13-9-17-10-15(7-8-20(17)25(13)14(2)26)19-12-29-22(23-19)24-21(27)16-5-4-6-18(11-16)28-3/h4-8,10-13H,9H2,1-3H3,(H,23,24,27)/t13-/m1/s1. The summed E-state index contributed by atoms with van der Waals surface area (Å²) in [7, 11) is 1.57. The lowest BCUT2D eigenvalue weighted by Crippen LogP contribution is -2.33. The molecule has 1 aromatic heterocycles. The van der Waals surface area contributed by atoms with Gasteiger partial charge < -0.3 is 9.64 Å². The molecule has 0 bridgehead atoms. The van der Waals surface area contributed by atoms with Crippen molar-refractivity contribution in [2.24, 2.45) is 0 Å². The van der Waals surface area contributed by atoms with Crippen LogP contribution < -0.4 is 15.0 Å². The number of hydrogen-bond donors (Lipinski definition) is 1. The molecule has 2 amide bonds. The van der Waals surface area contributed by atoms with Crippen molar-refractivity contribution in [3.05, 3.63) is 59.0 Å². The second kappa shape index (κ2) is 7.67. The monoisotopic (exact) mass is 407 g/mol. The Hall–Kier alpha value is -3.19. The summed E-state index contributed by atoms with van der Waals surface area (Å²) < 4.78 is 5.17. The minimum Gasteiger partial charge on any atom is -0.497 e. The number of anilines is 2. The van der Waals surface area contributed by atoms with Gasteiger partial charge in [-0.05, 0) is 49.2 Å². The van der Waals surface area contributed by atoms with E-state index in [2.05, 4.69) is 23.3 Å². The summed E-state index contributed by atoms with van der Waals surface area (Å²) in [6.45, 7) is 3.65. The Morgan fingerprint density at radius 2 is 2.07 bits per heavy atom. The van der Waals surface area contributed by atoms with Crippen molar-refractivity contribution < 1.29 is 14.3 Å². The highest BCUT2D eigenvalue weighted by molar-refractivity contribution is 7.14. The molecule has 1 aliphatic heterocycles. The Balaban J connectivity index is 1.53. The van der Waals surface area contributed by atoms with Gasteiger partial charge in [0.1, 0.15) is 5.75 Å². The number of hydrogen-bond acceptors (Lipinski definition) is 5. The van der Waals surface area contributed by atoms with Gasteiger partial charge in [-0.1, -0.05) is 12.1 Å². The SMILES string of the molecule is COc1cccc(C(=O)Nc2nc(-c3ccc4c(c3)C[C@@H](C)N4C(C)=O)cs2)c1. The molecule has 1 atom stereocenters. The number of benzene rings is 2. The van der Waals surface area contributed by atoms with Gasteiger partial charge in [0.25, 0.3) is 5.91 Å². The summed E-state index contributed by atoms with van der Waals surface area (Å²) in [4.78, 5) is 30.8. The van der Waals surface area contributed by atoms with E-state index in [1.807, 2.05) is 22.4 Å². The molecule has 0 fully saturated rings. The molecule has 0 saturated heterocycles. The lowest BCUT2D eigenvalue weighted by atomic mass is 10.1. The molecule has 6 nitrogen and oxygen atoms in total. The number of thiazole rings is 1. The highest BCUT2D eigenvalue weighted by atomic mass is 32.1. The van der Waals surface area contributed by atoms with Crippen molar-refractivity contribution >= 4 is 34.0 Å². The van der Waals surface area contributed by atoms with E-state index < -0.39 is 0 Å². The summed E-state index contributed by atoms with van der Waals surface area (Å²) in [6, 6.07) is 13.2. The molecule has 29 heavy (non-hydrogen) atoms. The fourth-order valence-electron chi connectivity index (χ4n) is 3.67. The number of fused-ring (bicyclic) bond motifs is 1. The van der Waals surface area contributed by atoms with Gasteiger partial charge in [-0.3, -0.25) is 14.9 Å². The highest BCUT2D eigenvalue weighted by Gasteiger charge is 2.29. The van der Waals surface area contributed by atoms with Crippen molar-refractivity contribution in [1.29, 1.82) is 0 Å². The van der Waals surface area contributed by atoms with Crippen LogP contribution >= 0.6 is 11.3 Å². The van der Waals surface area contributed by atoms with E-state index >= 15 is 0 Å². The third kappa shape index (κ3) is 3.73. The highest BCUT2D eigenvalue weighted by Crippen LogP contribution is 2.36. The van der Waals surface area contributed by atoms with Crippen molar-refractivity contribution in [1.82, 2.24) is 4.98 Å². The molecule has 1 N–H and O–H groups in total. The first-order valence-electron chi connectivity index (χ1n) is 9.30. The van der Waals surface area contributed by atoms with Gasteiger partial charge in [-0.15, -0.1) is 11.3 Å². The number of rotatable bonds is 4. The van der Waals surface area contributed by atoms with Gasteiger partial charge in [0, 0.05) is 35.2 Å².